The van der Waals surface area contributed by atoms with Crippen molar-refractivity contribution >= 4 is 17.9 Å². The van der Waals surface area contributed by atoms with E-state index in [4.69, 9.17) is 4.74 Å². The summed E-state index contributed by atoms with van der Waals surface area (Å²) in [5.41, 5.74) is 1.73. The van der Waals surface area contributed by atoms with E-state index in [2.05, 4.69) is 17.6 Å². The predicted molar refractivity (Wildman–Crippen MR) is 149 cm³/mol. The van der Waals surface area contributed by atoms with Crippen molar-refractivity contribution in [2.75, 3.05) is 13.1 Å². The van der Waals surface area contributed by atoms with Gasteiger partial charge in [-0.15, -0.1) is 0 Å². The third kappa shape index (κ3) is 9.72. The van der Waals surface area contributed by atoms with Crippen molar-refractivity contribution in [3.05, 3.63) is 65.2 Å². The number of unbranched alkanes of at least 4 members (excludes halogenated alkanes) is 2. The summed E-state index contributed by atoms with van der Waals surface area (Å²) in [6.07, 6.45) is 2.33. The zero-order valence-corrected chi connectivity index (χ0v) is 23.5. The summed E-state index contributed by atoms with van der Waals surface area (Å²) < 4.78 is 5.43. The second kappa shape index (κ2) is 14.4. The number of carbonyl (C=O) groups excluding carboxylic acids is 3. The molecule has 2 unspecified atom stereocenters. The first-order chi connectivity index (χ1) is 17.9. The molecule has 8 heteroatoms. The topological polar surface area (TPSA) is 108 Å². The van der Waals surface area contributed by atoms with Crippen molar-refractivity contribution in [1.82, 2.24) is 15.5 Å². The van der Waals surface area contributed by atoms with Gasteiger partial charge in [-0.25, -0.2) is 4.79 Å². The quantitative estimate of drug-likeness (QED) is 0.337. The van der Waals surface area contributed by atoms with Crippen LogP contribution in [0.1, 0.15) is 76.6 Å². The number of likely N-dealkylation sites (N-methyl/N-ethyl adjacent to an activating group) is 1. The normalized spacial score (nSPS) is 12.8. The van der Waals surface area contributed by atoms with Crippen LogP contribution in [0.5, 0.6) is 5.75 Å². The minimum Gasteiger partial charge on any atom is -0.508 e. The number of amides is 3. The third-order valence-corrected chi connectivity index (χ3v) is 6.02. The molecule has 8 nitrogen and oxygen atoms in total. The van der Waals surface area contributed by atoms with Gasteiger partial charge in [0.1, 0.15) is 23.4 Å². The van der Waals surface area contributed by atoms with E-state index in [9.17, 15) is 19.5 Å². The van der Waals surface area contributed by atoms with Gasteiger partial charge in [0, 0.05) is 19.5 Å². The number of hydrogen-bond donors (Lipinski definition) is 3. The second-order valence-electron chi connectivity index (χ2n) is 10.5. The predicted octanol–water partition coefficient (Wildman–Crippen LogP) is 5.03. The second-order valence-corrected chi connectivity index (χ2v) is 10.5. The number of phenols is 1. The van der Waals surface area contributed by atoms with Crippen molar-refractivity contribution in [2.45, 2.75) is 84.9 Å². The van der Waals surface area contributed by atoms with Crippen LogP contribution >= 0.6 is 0 Å². The molecule has 0 bridgehead atoms. The van der Waals surface area contributed by atoms with Crippen molar-refractivity contribution in [2.24, 2.45) is 0 Å². The fraction of sp³-hybridized carbons (Fsp3) is 0.500. The van der Waals surface area contributed by atoms with Gasteiger partial charge in [-0.2, -0.15) is 0 Å². The minimum absolute atomic E-state index is 0.103. The number of benzene rings is 2. The number of aryl methyl sites for hydroxylation is 1. The molecule has 0 aliphatic rings. The molecule has 0 heterocycles. The van der Waals surface area contributed by atoms with E-state index in [1.165, 1.54) is 17.0 Å². The van der Waals surface area contributed by atoms with E-state index in [0.717, 1.165) is 30.4 Å². The van der Waals surface area contributed by atoms with E-state index >= 15 is 0 Å². The first kappa shape index (κ1) is 30.7. The molecule has 0 fully saturated rings. The van der Waals surface area contributed by atoms with Gasteiger partial charge in [0.25, 0.3) is 0 Å². The summed E-state index contributed by atoms with van der Waals surface area (Å²) in [7, 11) is 0. The van der Waals surface area contributed by atoms with Crippen LogP contribution in [0.2, 0.25) is 0 Å². The molecular formula is C30H43N3O5. The van der Waals surface area contributed by atoms with Crippen molar-refractivity contribution in [1.29, 1.82) is 0 Å². The average molecular weight is 526 g/mol. The molecule has 208 valence electrons. The smallest absolute Gasteiger partial charge is 0.408 e. The number of rotatable bonds is 12. The molecule has 3 N–H and O–H groups in total. The Morgan fingerprint density at radius 3 is 2.16 bits per heavy atom. The van der Waals surface area contributed by atoms with E-state index in [1.54, 1.807) is 32.9 Å². The van der Waals surface area contributed by atoms with Crippen molar-refractivity contribution < 1.29 is 24.2 Å². The van der Waals surface area contributed by atoms with Gasteiger partial charge in [-0.05, 0) is 64.3 Å². The van der Waals surface area contributed by atoms with Crippen LogP contribution in [0.25, 0.3) is 0 Å². The lowest BCUT2D eigenvalue weighted by Crippen LogP contribution is -2.53. The fourth-order valence-corrected chi connectivity index (χ4v) is 4.09. The lowest BCUT2D eigenvalue weighted by molar-refractivity contribution is -0.142. The van der Waals surface area contributed by atoms with Gasteiger partial charge in [0.2, 0.25) is 11.8 Å². The molecule has 2 atom stereocenters. The van der Waals surface area contributed by atoms with Crippen LogP contribution in [0.15, 0.2) is 48.5 Å². The Morgan fingerprint density at radius 2 is 1.61 bits per heavy atom. The molecule has 0 saturated heterocycles. The summed E-state index contributed by atoms with van der Waals surface area (Å²) in [6.45, 7) is 11.9. The summed E-state index contributed by atoms with van der Waals surface area (Å²) in [6, 6.07) is 12.1. The number of ether oxygens (including phenoxy) is 1. The number of carbonyl (C=O) groups is 3. The Kier molecular flexibility index (Phi) is 11.6. The average Bonchev–Trinajstić information content (AvgIpc) is 2.85. The summed E-state index contributed by atoms with van der Waals surface area (Å²) in [5, 5.41) is 15.4. The van der Waals surface area contributed by atoms with Crippen molar-refractivity contribution in [3.63, 3.8) is 0 Å². The molecule has 0 radical (unpaired) electrons. The standard InChI is InChI=1S/C30H43N3O5/c1-7-9-10-19-31-27(35)26(23-15-11-21(3)12-16-23)33(8-2)28(36)25(32-29(37)38-30(4,5)6)20-22-13-17-24(34)18-14-22/h11-18,25-26,34H,7-10,19-20H2,1-6H3,(H,31,35)(H,32,37). The van der Waals surface area contributed by atoms with Crippen LogP contribution < -0.4 is 10.6 Å². The fourth-order valence-electron chi connectivity index (χ4n) is 4.09. The highest BCUT2D eigenvalue weighted by atomic mass is 16.6. The van der Waals surface area contributed by atoms with E-state index in [1.807, 2.05) is 38.1 Å². The third-order valence-electron chi connectivity index (χ3n) is 6.02. The maximum Gasteiger partial charge on any atom is 0.408 e. The number of phenolic OH excluding ortho intramolecular Hbond substituents is 1. The zero-order valence-electron chi connectivity index (χ0n) is 23.5. The summed E-state index contributed by atoms with van der Waals surface area (Å²) in [5.74, 6) is -0.562. The number of nitrogens with one attached hydrogen (secondary N) is 2. The van der Waals surface area contributed by atoms with Gasteiger partial charge in [0.05, 0.1) is 0 Å². The molecule has 0 aliphatic carbocycles. The van der Waals surface area contributed by atoms with Crippen molar-refractivity contribution in [3.8, 4) is 5.75 Å². The maximum atomic E-state index is 14.0. The largest absolute Gasteiger partial charge is 0.508 e. The van der Waals surface area contributed by atoms with Crippen LogP contribution in [0.3, 0.4) is 0 Å². The molecule has 0 aliphatic heterocycles. The van der Waals surface area contributed by atoms with Gasteiger partial charge in [0.15, 0.2) is 0 Å². The Hall–Kier alpha value is -3.55. The lowest BCUT2D eigenvalue weighted by Gasteiger charge is -2.34. The van der Waals surface area contributed by atoms with Crippen LogP contribution in [0.4, 0.5) is 4.79 Å². The maximum absolute atomic E-state index is 14.0. The highest BCUT2D eigenvalue weighted by Gasteiger charge is 2.35. The van der Waals surface area contributed by atoms with Gasteiger partial charge < -0.3 is 25.4 Å². The van der Waals surface area contributed by atoms with Gasteiger partial charge >= 0.3 is 6.09 Å². The van der Waals surface area contributed by atoms with Gasteiger partial charge in [-0.1, -0.05) is 61.7 Å². The number of hydrogen-bond acceptors (Lipinski definition) is 5. The molecule has 2 rings (SSSR count). The molecule has 0 saturated carbocycles. The molecule has 2 aromatic carbocycles. The summed E-state index contributed by atoms with van der Waals surface area (Å²) in [4.78, 5) is 41.7. The Morgan fingerprint density at radius 1 is 0.974 bits per heavy atom. The number of nitrogens with zero attached hydrogens (tertiary/aromatic N) is 1. The molecule has 3 amide bonds. The van der Waals surface area contributed by atoms with E-state index < -0.39 is 29.7 Å². The zero-order chi connectivity index (χ0) is 28.3. The van der Waals surface area contributed by atoms with Gasteiger partial charge in [-0.3, -0.25) is 9.59 Å². The molecule has 0 spiro atoms. The highest BCUT2D eigenvalue weighted by molar-refractivity contribution is 5.92. The molecule has 0 aromatic heterocycles. The summed E-state index contributed by atoms with van der Waals surface area (Å²) >= 11 is 0. The molecule has 2 aromatic rings. The van der Waals surface area contributed by atoms with E-state index in [-0.39, 0.29) is 24.6 Å². The first-order valence-electron chi connectivity index (χ1n) is 13.4. The highest BCUT2D eigenvalue weighted by Crippen LogP contribution is 2.24. The minimum atomic E-state index is -0.991. The lowest BCUT2D eigenvalue weighted by atomic mass is 9.99. The molecule has 38 heavy (non-hydrogen) atoms. The number of alkyl carbamates (subject to hydrolysis) is 1. The Bertz CT molecular complexity index is 1050. The number of aromatic hydroxyl groups is 1. The monoisotopic (exact) mass is 525 g/mol. The Balaban J connectivity index is 2.41. The SMILES string of the molecule is CCCCCNC(=O)C(c1ccc(C)cc1)N(CC)C(=O)C(Cc1ccc(O)cc1)NC(=O)OC(C)(C)C. The van der Waals surface area contributed by atoms with Crippen LogP contribution in [0, 0.1) is 6.92 Å². The first-order valence-corrected chi connectivity index (χ1v) is 13.4. The Labute approximate surface area is 226 Å². The van der Waals surface area contributed by atoms with Crippen LogP contribution in [-0.2, 0) is 20.7 Å². The van der Waals surface area contributed by atoms with E-state index in [0.29, 0.717) is 12.1 Å². The molecular weight excluding hydrogens is 482 g/mol. The van der Waals surface area contributed by atoms with Crippen LogP contribution in [-0.4, -0.2) is 52.6 Å².